The Labute approximate surface area is 227 Å². The van der Waals surface area contributed by atoms with Crippen molar-refractivity contribution < 1.29 is 46.6 Å². The van der Waals surface area contributed by atoms with E-state index in [1.807, 2.05) is 23.6 Å². The van der Waals surface area contributed by atoms with E-state index in [9.17, 15) is 37.7 Å². The van der Waals surface area contributed by atoms with Crippen LogP contribution in [0, 0.1) is 17.7 Å². The van der Waals surface area contributed by atoms with Gasteiger partial charge in [-0.2, -0.15) is 8.42 Å². The Kier molecular flexibility index (Phi) is 10.5. The first-order chi connectivity index (χ1) is 18.2. The zero-order chi connectivity index (χ0) is 28.9. The van der Waals surface area contributed by atoms with E-state index in [1.165, 1.54) is 12.1 Å². The number of benzene rings is 1. The molecule has 1 aromatic rings. The highest BCUT2D eigenvalue weighted by atomic mass is 32.2. The van der Waals surface area contributed by atoms with Crippen LogP contribution >= 0.6 is 0 Å². The predicted octanol–water partition coefficient (Wildman–Crippen LogP) is 0.0285. The van der Waals surface area contributed by atoms with Crippen molar-refractivity contribution in [1.29, 1.82) is 0 Å². The number of aliphatic hydroxyl groups excluding tert-OH is 2. The molecule has 39 heavy (non-hydrogen) atoms. The van der Waals surface area contributed by atoms with E-state index in [1.54, 1.807) is 6.07 Å². The summed E-state index contributed by atoms with van der Waals surface area (Å²) in [5, 5.41) is 31.8. The number of hydrogen-bond donors (Lipinski definition) is 4. The molecule has 5 unspecified atom stereocenters. The number of carbonyl (C=O) groups excluding carboxylic acids is 1. The van der Waals surface area contributed by atoms with E-state index in [2.05, 4.69) is 5.32 Å². The molecule has 0 radical (unpaired) electrons. The molecular weight excluding hydrogens is 537 g/mol. The van der Waals surface area contributed by atoms with Gasteiger partial charge in [-0.15, -0.1) is 0 Å². The van der Waals surface area contributed by atoms with Gasteiger partial charge in [0.05, 0.1) is 42.1 Å². The molecule has 1 saturated heterocycles. The first kappa shape index (κ1) is 31.0. The van der Waals surface area contributed by atoms with Crippen molar-refractivity contribution in [3.8, 4) is 5.75 Å². The van der Waals surface area contributed by atoms with Crippen LogP contribution in [0.2, 0.25) is 0 Å². The number of halogens is 1. The van der Waals surface area contributed by atoms with Crippen LogP contribution in [0.4, 0.5) is 10.1 Å². The second kappa shape index (κ2) is 13.2. The Balaban J connectivity index is 1.62. The van der Waals surface area contributed by atoms with E-state index in [-0.39, 0.29) is 37.9 Å². The van der Waals surface area contributed by atoms with Gasteiger partial charge in [0, 0.05) is 45.3 Å². The summed E-state index contributed by atoms with van der Waals surface area (Å²) in [7, 11) is -3.88. The number of amides is 1. The van der Waals surface area contributed by atoms with Gasteiger partial charge in [-0.25, -0.2) is 4.39 Å². The highest BCUT2D eigenvalue weighted by molar-refractivity contribution is 7.86. The number of hydrogen-bond acceptors (Lipinski definition) is 10. The zero-order valence-electron chi connectivity index (χ0n) is 22.3. The van der Waals surface area contributed by atoms with E-state index < -0.39 is 52.1 Å². The van der Waals surface area contributed by atoms with Crippen molar-refractivity contribution in [3.05, 3.63) is 24.0 Å². The van der Waals surface area contributed by atoms with Crippen LogP contribution in [0.3, 0.4) is 0 Å². The Morgan fingerprint density at radius 1 is 1.10 bits per heavy atom. The van der Waals surface area contributed by atoms with Crippen LogP contribution in [-0.4, -0.2) is 110 Å². The number of aliphatic carboxylic acids is 1. The molecule has 4 N–H and O–H groups in total. The number of carboxylic acid groups (broad SMARTS) is 1. The molecule has 14 heteroatoms. The fraction of sp³-hybridized carbons (Fsp3) is 0.680. The molecule has 0 bridgehead atoms. The minimum absolute atomic E-state index is 0.0904. The van der Waals surface area contributed by atoms with Crippen molar-refractivity contribution in [3.63, 3.8) is 0 Å². The highest BCUT2D eigenvalue weighted by Crippen LogP contribution is 2.32. The minimum Gasteiger partial charge on any atom is -0.489 e. The monoisotopic (exact) mass is 575 g/mol. The van der Waals surface area contributed by atoms with E-state index in [0.29, 0.717) is 37.6 Å². The third-order valence-corrected chi connectivity index (χ3v) is 7.47. The molecule has 1 amide bonds. The normalized spacial score (nSPS) is 25.4. The van der Waals surface area contributed by atoms with Gasteiger partial charge in [-0.1, -0.05) is 0 Å². The van der Waals surface area contributed by atoms with E-state index >= 15 is 0 Å². The number of carboxylic acids is 1. The van der Waals surface area contributed by atoms with Crippen LogP contribution < -0.4 is 15.0 Å². The molecule has 2 fully saturated rings. The molecule has 12 nitrogen and oxygen atoms in total. The van der Waals surface area contributed by atoms with Crippen molar-refractivity contribution in [2.75, 3.05) is 50.4 Å². The number of nitrogens with zero attached hydrogens (tertiary/aromatic N) is 2. The summed E-state index contributed by atoms with van der Waals surface area (Å²) in [5.41, 5.74) is 0.632. The Morgan fingerprint density at radius 2 is 1.72 bits per heavy atom. The maximum absolute atomic E-state index is 14.0. The first-order valence-electron chi connectivity index (χ1n) is 12.9. The second-order valence-corrected chi connectivity index (χ2v) is 12.0. The fourth-order valence-electron chi connectivity index (χ4n) is 5.00. The molecule has 0 spiro atoms. The van der Waals surface area contributed by atoms with Gasteiger partial charge in [0.25, 0.3) is 10.1 Å². The van der Waals surface area contributed by atoms with Crippen LogP contribution in [0.15, 0.2) is 18.2 Å². The largest absolute Gasteiger partial charge is 0.489 e. The number of rotatable bonds is 11. The summed E-state index contributed by atoms with van der Waals surface area (Å²) in [6, 6.07) is 4.36. The molecule has 2 aliphatic rings. The summed E-state index contributed by atoms with van der Waals surface area (Å²) >= 11 is 0. The predicted molar refractivity (Wildman–Crippen MR) is 139 cm³/mol. The summed E-state index contributed by atoms with van der Waals surface area (Å²) < 4.78 is 48.8. The Bertz CT molecular complexity index is 1110. The van der Waals surface area contributed by atoms with Crippen molar-refractivity contribution in [2.24, 2.45) is 11.8 Å². The molecule has 1 saturated carbocycles. The highest BCUT2D eigenvalue weighted by Gasteiger charge is 2.43. The SMILES string of the molecule is CC(C)Oc1ccc(F)cc1N1CCN(CC(CNC(=O)C2CC(O)C(O)CC2C(=O)O)OS(C)(=O)=O)CC1. The summed E-state index contributed by atoms with van der Waals surface area (Å²) in [5.74, 6) is -4.01. The first-order valence-corrected chi connectivity index (χ1v) is 14.7. The molecule has 1 heterocycles. The molecule has 220 valence electrons. The number of nitrogens with one attached hydrogen (secondary N) is 1. The molecule has 1 aromatic carbocycles. The number of anilines is 1. The third-order valence-electron chi connectivity index (χ3n) is 6.85. The lowest BCUT2D eigenvalue weighted by Crippen LogP contribution is -2.52. The fourth-order valence-corrected chi connectivity index (χ4v) is 5.62. The van der Waals surface area contributed by atoms with Crippen LogP contribution in [0.1, 0.15) is 26.7 Å². The van der Waals surface area contributed by atoms with Gasteiger partial charge in [-0.3, -0.25) is 18.7 Å². The van der Waals surface area contributed by atoms with Gasteiger partial charge in [0.2, 0.25) is 5.91 Å². The summed E-state index contributed by atoms with van der Waals surface area (Å²) in [6.45, 7) is 5.75. The van der Waals surface area contributed by atoms with Gasteiger partial charge >= 0.3 is 5.97 Å². The average Bonchev–Trinajstić information content (AvgIpc) is 2.84. The molecule has 0 aromatic heterocycles. The topological polar surface area (TPSA) is 166 Å². The lowest BCUT2D eigenvalue weighted by atomic mass is 9.76. The van der Waals surface area contributed by atoms with E-state index in [0.717, 1.165) is 6.26 Å². The lowest BCUT2D eigenvalue weighted by Gasteiger charge is -2.38. The second-order valence-electron chi connectivity index (χ2n) is 10.4. The quantitative estimate of drug-likeness (QED) is 0.263. The van der Waals surface area contributed by atoms with Crippen molar-refractivity contribution in [1.82, 2.24) is 10.2 Å². The van der Waals surface area contributed by atoms with Gasteiger partial charge in [0.1, 0.15) is 17.7 Å². The molecular formula is C25H38FN3O9S. The smallest absolute Gasteiger partial charge is 0.307 e. The van der Waals surface area contributed by atoms with E-state index in [4.69, 9.17) is 8.92 Å². The molecule has 1 aliphatic carbocycles. The van der Waals surface area contributed by atoms with Gasteiger partial charge < -0.3 is 30.3 Å². The number of piperazine rings is 1. The standard InChI is InChI=1S/C25H38FN3O9S/c1-15(2)37-23-5-4-16(26)10-20(23)29-8-6-28(7-9-29)14-17(38-39(3,35)36)13-27-24(32)18-11-21(30)22(31)12-19(18)25(33)34/h4-5,10,15,17-19,21-22,30-31H,6-9,11-14H2,1-3H3,(H,27,32)(H,33,34). The molecule has 5 atom stereocenters. The third kappa shape index (κ3) is 9.00. The minimum atomic E-state index is -3.88. The number of ether oxygens (including phenoxy) is 1. The molecule has 1 aliphatic heterocycles. The van der Waals surface area contributed by atoms with Crippen LogP contribution in [0.5, 0.6) is 5.75 Å². The van der Waals surface area contributed by atoms with Crippen molar-refractivity contribution >= 4 is 27.7 Å². The molecule has 3 rings (SSSR count). The maximum atomic E-state index is 14.0. The Morgan fingerprint density at radius 3 is 2.28 bits per heavy atom. The summed E-state index contributed by atoms with van der Waals surface area (Å²) in [6.07, 6.45) is -3.11. The van der Waals surface area contributed by atoms with Crippen LogP contribution in [0.25, 0.3) is 0 Å². The van der Waals surface area contributed by atoms with Gasteiger partial charge in [0.15, 0.2) is 0 Å². The lowest BCUT2D eigenvalue weighted by molar-refractivity contribution is -0.155. The van der Waals surface area contributed by atoms with Crippen LogP contribution in [-0.2, 0) is 23.9 Å². The average molecular weight is 576 g/mol. The Hall–Kier alpha value is -2.52. The van der Waals surface area contributed by atoms with Crippen molar-refractivity contribution in [2.45, 2.75) is 51.1 Å². The number of carbonyl (C=O) groups is 2. The maximum Gasteiger partial charge on any atom is 0.307 e. The summed E-state index contributed by atoms with van der Waals surface area (Å²) in [4.78, 5) is 28.4. The zero-order valence-corrected chi connectivity index (χ0v) is 23.1. The van der Waals surface area contributed by atoms with Gasteiger partial charge in [-0.05, 0) is 38.8 Å². The number of aliphatic hydroxyl groups is 2.